The minimum absolute atomic E-state index is 0.207. The number of hydrogen-bond donors (Lipinski definition) is 0. The third-order valence-corrected chi connectivity index (χ3v) is 4.05. The predicted octanol–water partition coefficient (Wildman–Crippen LogP) is 5.32. The first kappa shape index (κ1) is 13.9. The van der Waals surface area contributed by atoms with Crippen molar-refractivity contribution >= 4 is 22.4 Å². The van der Waals surface area contributed by atoms with Gasteiger partial charge >= 0.3 is 0 Å². The highest BCUT2D eigenvalue weighted by Gasteiger charge is 2.15. The van der Waals surface area contributed by atoms with Gasteiger partial charge in [-0.25, -0.2) is 4.39 Å². The van der Waals surface area contributed by atoms with Crippen LogP contribution in [0.2, 0.25) is 0 Å². The van der Waals surface area contributed by atoms with E-state index in [-0.39, 0.29) is 16.9 Å². The van der Waals surface area contributed by atoms with Gasteiger partial charge in [0.2, 0.25) is 0 Å². The molecule has 0 radical (unpaired) electrons. The second-order valence-electron chi connectivity index (χ2n) is 4.82. The molecule has 0 saturated carbocycles. The van der Waals surface area contributed by atoms with Gasteiger partial charge in [-0.15, -0.1) is 11.6 Å². The van der Waals surface area contributed by atoms with Gasteiger partial charge in [0.25, 0.3) is 0 Å². The number of hydrogen-bond acceptors (Lipinski definition) is 1. The molecule has 3 rings (SSSR count). The molecule has 0 spiro atoms. The van der Waals surface area contributed by atoms with Crippen molar-refractivity contribution < 1.29 is 9.13 Å². The standard InChI is InChI=1S/C18H14ClFO/c1-21-17-11-13(9-10-16(17)20)18(19)15-8-4-6-12-5-2-3-7-14(12)15/h2-11,18H,1H3. The Morgan fingerprint density at radius 1 is 1.00 bits per heavy atom. The Morgan fingerprint density at radius 2 is 1.76 bits per heavy atom. The van der Waals surface area contributed by atoms with Crippen LogP contribution in [0.15, 0.2) is 60.7 Å². The second kappa shape index (κ2) is 5.74. The average molecular weight is 301 g/mol. The highest BCUT2D eigenvalue weighted by Crippen LogP contribution is 2.35. The number of fused-ring (bicyclic) bond motifs is 1. The van der Waals surface area contributed by atoms with Gasteiger partial charge in [0.15, 0.2) is 11.6 Å². The van der Waals surface area contributed by atoms with Gasteiger partial charge in [0.05, 0.1) is 12.5 Å². The van der Waals surface area contributed by atoms with Crippen LogP contribution in [0.25, 0.3) is 10.8 Å². The highest BCUT2D eigenvalue weighted by molar-refractivity contribution is 6.23. The van der Waals surface area contributed by atoms with Crippen LogP contribution in [0.4, 0.5) is 4.39 Å². The van der Waals surface area contributed by atoms with Crippen LogP contribution in [0.5, 0.6) is 5.75 Å². The lowest BCUT2D eigenvalue weighted by atomic mass is 9.98. The average Bonchev–Trinajstić information content (AvgIpc) is 2.54. The Hall–Kier alpha value is -2.06. The van der Waals surface area contributed by atoms with Crippen molar-refractivity contribution in [1.29, 1.82) is 0 Å². The molecule has 0 amide bonds. The van der Waals surface area contributed by atoms with Crippen molar-refractivity contribution in [1.82, 2.24) is 0 Å². The van der Waals surface area contributed by atoms with Crippen LogP contribution >= 0.6 is 11.6 Å². The van der Waals surface area contributed by atoms with Gasteiger partial charge in [0, 0.05) is 0 Å². The van der Waals surface area contributed by atoms with E-state index in [9.17, 15) is 4.39 Å². The van der Waals surface area contributed by atoms with E-state index in [0.717, 1.165) is 21.9 Å². The highest BCUT2D eigenvalue weighted by atomic mass is 35.5. The maximum absolute atomic E-state index is 13.5. The number of alkyl halides is 1. The first-order valence-corrected chi connectivity index (χ1v) is 7.09. The molecule has 0 aliphatic rings. The van der Waals surface area contributed by atoms with Crippen molar-refractivity contribution in [3.8, 4) is 5.75 Å². The summed E-state index contributed by atoms with van der Waals surface area (Å²) in [5.41, 5.74) is 1.81. The normalized spacial score (nSPS) is 12.3. The number of methoxy groups -OCH3 is 1. The fourth-order valence-electron chi connectivity index (χ4n) is 2.49. The summed E-state index contributed by atoms with van der Waals surface area (Å²) in [4.78, 5) is 0. The minimum Gasteiger partial charge on any atom is -0.494 e. The molecule has 0 aromatic heterocycles. The van der Waals surface area contributed by atoms with Crippen LogP contribution in [-0.2, 0) is 0 Å². The molecule has 0 aliphatic heterocycles. The summed E-state index contributed by atoms with van der Waals surface area (Å²) in [5, 5.41) is 1.88. The van der Waals surface area contributed by atoms with E-state index in [4.69, 9.17) is 16.3 Å². The summed E-state index contributed by atoms with van der Waals surface area (Å²) in [7, 11) is 1.45. The molecule has 0 heterocycles. The van der Waals surface area contributed by atoms with Crippen LogP contribution in [0.3, 0.4) is 0 Å². The molecule has 21 heavy (non-hydrogen) atoms. The number of ether oxygens (including phenoxy) is 1. The quantitative estimate of drug-likeness (QED) is 0.595. The molecule has 3 aromatic rings. The molecule has 0 aliphatic carbocycles. The third-order valence-electron chi connectivity index (χ3n) is 3.56. The molecule has 0 fully saturated rings. The minimum atomic E-state index is -0.386. The lowest BCUT2D eigenvalue weighted by molar-refractivity contribution is 0.386. The van der Waals surface area contributed by atoms with Gasteiger partial charge in [-0.05, 0) is 34.0 Å². The van der Waals surface area contributed by atoms with E-state index in [1.54, 1.807) is 12.1 Å². The largest absolute Gasteiger partial charge is 0.494 e. The summed E-state index contributed by atoms with van der Waals surface area (Å²) in [6.45, 7) is 0. The van der Waals surface area contributed by atoms with Crippen molar-refractivity contribution in [3.63, 3.8) is 0 Å². The molecule has 1 nitrogen and oxygen atoms in total. The van der Waals surface area contributed by atoms with Crippen LogP contribution in [0.1, 0.15) is 16.5 Å². The summed E-state index contributed by atoms with van der Waals surface area (Å²) < 4.78 is 18.5. The zero-order valence-corrected chi connectivity index (χ0v) is 12.3. The van der Waals surface area contributed by atoms with E-state index in [1.807, 2.05) is 42.5 Å². The zero-order valence-electron chi connectivity index (χ0n) is 11.5. The number of halogens is 2. The van der Waals surface area contributed by atoms with E-state index in [0.29, 0.717) is 0 Å². The molecular weight excluding hydrogens is 287 g/mol. The molecule has 0 N–H and O–H groups in total. The summed E-state index contributed by atoms with van der Waals surface area (Å²) in [6.07, 6.45) is 0. The van der Waals surface area contributed by atoms with Crippen molar-refractivity contribution in [2.24, 2.45) is 0 Å². The number of rotatable bonds is 3. The third kappa shape index (κ3) is 2.59. The number of benzene rings is 3. The SMILES string of the molecule is COc1cc(C(Cl)c2cccc3ccccc23)ccc1F. The van der Waals surface area contributed by atoms with Crippen molar-refractivity contribution in [2.75, 3.05) is 7.11 Å². The molecule has 0 saturated heterocycles. The Balaban J connectivity index is 2.10. The Kier molecular flexibility index (Phi) is 3.80. The van der Waals surface area contributed by atoms with E-state index < -0.39 is 0 Å². The molecule has 3 heteroatoms. The summed E-state index contributed by atoms with van der Waals surface area (Å²) in [6, 6.07) is 18.8. The van der Waals surface area contributed by atoms with Gasteiger partial charge < -0.3 is 4.74 Å². The molecule has 1 unspecified atom stereocenters. The topological polar surface area (TPSA) is 9.23 Å². The molecule has 1 atom stereocenters. The lowest BCUT2D eigenvalue weighted by Crippen LogP contribution is -1.97. The van der Waals surface area contributed by atoms with Crippen LogP contribution in [0, 0.1) is 5.82 Å². The molecule has 0 bridgehead atoms. The maximum Gasteiger partial charge on any atom is 0.165 e. The van der Waals surface area contributed by atoms with Crippen molar-refractivity contribution in [2.45, 2.75) is 5.38 Å². The smallest absolute Gasteiger partial charge is 0.165 e. The summed E-state index contributed by atoms with van der Waals surface area (Å²) in [5.74, 6) is -0.179. The van der Waals surface area contributed by atoms with Gasteiger partial charge in [0.1, 0.15) is 0 Å². The molecule has 3 aromatic carbocycles. The Bertz CT molecular complexity index is 780. The first-order chi connectivity index (χ1) is 10.2. The molecule has 106 valence electrons. The maximum atomic E-state index is 13.5. The van der Waals surface area contributed by atoms with Gasteiger partial charge in [-0.2, -0.15) is 0 Å². The lowest BCUT2D eigenvalue weighted by Gasteiger charge is -2.14. The second-order valence-corrected chi connectivity index (χ2v) is 5.26. The van der Waals surface area contributed by atoms with Gasteiger partial charge in [-0.1, -0.05) is 48.5 Å². The van der Waals surface area contributed by atoms with Crippen LogP contribution < -0.4 is 4.74 Å². The summed E-state index contributed by atoms with van der Waals surface area (Å²) >= 11 is 6.61. The fourth-order valence-corrected chi connectivity index (χ4v) is 2.81. The first-order valence-electron chi connectivity index (χ1n) is 6.66. The Labute approximate surface area is 127 Å². The Morgan fingerprint density at radius 3 is 2.57 bits per heavy atom. The van der Waals surface area contributed by atoms with E-state index in [1.165, 1.54) is 13.2 Å². The monoisotopic (exact) mass is 300 g/mol. The molecular formula is C18H14ClFO. The van der Waals surface area contributed by atoms with E-state index in [2.05, 4.69) is 0 Å². The zero-order chi connectivity index (χ0) is 14.8. The van der Waals surface area contributed by atoms with E-state index >= 15 is 0 Å². The van der Waals surface area contributed by atoms with Gasteiger partial charge in [-0.3, -0.25) is 0 Å². The fraction of sp³-hybridized carbons (Fsp3) is 0.111. The van der Waals surface area contributed by atoms with Crippen LogP contribution in [-0.4, -0.2) is 7.11 Å². The predicted molar refractivity (Wildman–Crippen MR) is 84.6 cm³/mol. The van der Waals surface area contributed by atoms with Crippen molar-refractivity contribution in [3.05, 3.63) is 77.6 Å².